The molecular weight excluding hydrogens is 382 g/mol. The first-order chi connectivity index (χ1) is 14.7. The van der Waals surface area contributed by atoms with Crippen LogP contribution in [-0.2, 0) is 9.53 Å². The number of amides is 2. The lowest BCUT2D eigenvalue weighted by Crippen LogP contribution is -2.39. The summed E-state index contributed by atoms with van der Waals surface area (Å²) in [6, 6.07) is 18.9. The molecule has 0 radical (unpaired) electrons. The van der Waals surface area contributed by atoms with Crippen molar-refractivity contribution in [3.05, 3.63) is 72.5 Å². The van der Waals surface area contributed by atoms with Crippen LogP contribution in [0.1, 0.15) is 23.7 Å². The van der Waals surface area contributed by atoms with E-state index in [-0.39, 0.29) is 18.4 Å². The van der Waals surface area contributed by atoms with Crippen molar-refractivity contribution in [2.75, 3.05) is 31.6 Å². The minimum Gasteiger partial charge on any atom is -0.382 e. The Labute approximate surface area is 175 Å². The van der Waals surface area contributed by atoms with E-state index in [0.717, 1.165) is 11.1 Å². The fourth-order valence-electron chi connectivity index (χ4n) is 3.01. The van der Waals surface area contributed by atoms with Crippen molar-refractivity contribution in [1.29, 1.82) is 0 Å². The standard InChI is InChI=1S/C23H25N3O4/c1-2-29-15-6-14-26(17-22(27)24-21-13-16-30-25-21)23(28)20-11-9-19(10-12-20)18-7-4-3-5-8-18/h3-5,7-13,16H,2,6,14-15,17H2,1H3,(H,24,25,27). The highest BCUT2D eigenvalue weighted by atomic mass is 16.5. The number of carbonyl (C=O) groups excluding carboxylic acids is 2. The maximum absolute atomic E-state index is 13.1. The third-order valence-corrected chi connectivity index (χ3v) is 4.49. The van der Waals surface area contributed by atoms with Crippen LogP contribution in [0.15, 0.2) is 71.4 Å². The first kappa shape index (κ1) is 21.3. The predicted octanol–water partition coefficient (Wildman–Crippen LogP) is 3.85. The Balaban J connectivity index is 1.69. The van der Waals surface area contributed by atoms with E-state index in [4.69, 9.17) is 9.26 Å². The average Bonchev–Trinajstić information content (AvgIpc) is 3.29. The molecule has 0 fully saturated rings. The molecule has 1 aromatic heterocycles. The lowest BCUT2D eigenvalue weighted by molar-refractivity contribution is -0.117. The Hall–Kier alpha value is -3.45. The molecule has 0 bridgehead atoms. The summed E-state index contributed by atoms with van der Waals surface area (Å²) in [5, 5.41) is 6.28. The SMILES string of the molecule is CCOCCCN(CC(=O)Nc1ccon1)C(=O)c1ccc(-c2ccccc2)cc1. The maximum atomic E-state index is 13.1. The van der Waals surface area contributed by atoms with E-state index in [1.807, 2.05) is 49.4 Å². The summed E-state index contributed by atoms with van der Waals surface area (Å²) in [7, 11) is 0. The highest BCUT2D eigenvalue weighted by molar-refractivity contribution is 5.99. The minimum absolute atomic E-state index is 0.0851. The third kappa shape index (κ3) is 6.02. The smallest absolute Gasteiger partial charge is 0.254 e. The predicted molar refractivity (Wildman–Crippen MR) is 114 cm³/mol. The average molecular weight is 407 g/mol. The van der Waals surface area contributed by atoms with Gasteiger partial charge in [0.05, 0.1) is 0 Å². The molecule has 7 heteroatoms. The van der Waals surface area contributed by atoms with E-state index in [0.29, 0.717) is 37.6 Å². The van der Waals surface area contributed by atoms with Gasteiger partial charge in [-0.1, -0.05) is 47.6 Å². The summed E-state index contributed by atoms with van der Waals surface area (Å²) in [5.74, 6) is -0.232. The van der Waals surface area contributed by atoms with Crippen LogP contribution in [0.5, 0.6) is 0 Å². The molecular formula is C23H25N3O4. The van der Waals surface area contributed by atoms with Gasteiger partial charge in [0, 0.05) is 31.4 Å². The molecule has 2 amide bonds. The zero-order valence-corrected chi connectivity index (χ0v) is 16.9. The minimum atomic E-state index is -0.338. The first-order valence-corrected chi connectivity index (χ1v) is 9.90. The Morgan fingerprint density at radius 2 is 1.77 bits per heavy atom. The quantitative estimate of drug-likeness (QED) is 0.516. The second-order valence-corrected chi connectivity index (χ2v) is 6.65. The molecule has 1 N–H and O–H groups in total. The van der Waals surface area contributed by atoms with Crippen LogP contribution in [0.3, 0.4) is 0 Å². The molecule has 0 atom stereocenters. The van der Waals surface area contributed by atoms with E-state index < -0.39 is 0 Å². The number of hydrogen-bond donors (Lipinski definition) is 1. The van der Waals surface area contributed by atoms with Crippen molar-refractivity contribution in [2.24, 2.45) is 0 Å². The van der Waals surface area contributed by atoms with Crippen LogP contribution in [0.4, 0.5) is 5.82 Å². The van der Waals surface area contributed by atoms with Gasteiger partial charge in [0.2, 0.25) is 5.91 Å². The summed E-state index contributed by atoms with van der Waals surface area (Å²) in [6.45, 7) is 3.38. The second kappa shape index (κ2) is 10.9. The molecule has 0 saturated carbocycles. The second-order valence-electron chi connectivity index (χ2n) is 6.65. The van der Waals surface area contributed by atoms with Gasteiger partial charge in [-0.05, 0) is 36.6 Å². The van der Waals surface area contributed by atoms with Crippen molar-refractivity contribution in [3.63, 3.8) is 0 Å². The van der Waals surface area contributed by atoms with Gasteiger partial charge in [-0.25, -0.2) is 0 Å². The number of aromatic nitrogens is 1. The topological polar surface area (TPSA) is 84.7 Å². The number of ether oxygens (including phenoxy) is 1. The monoisotopic (exact) mass is 407 g/mol. The molecule has 7 nitrogen and oxygen atoms in total. The van der Waals surface area contributed by atoms with Gasteiger partial charge in [-0.2, -0.15) is 0 Å². The van der Waals surface area contributed by atoms with Gasteiger partial charge in [-0.3, -0.25) is 9.59 Å². The zero-order valence-electron chi connectivity index (χ0n) is 16.9. The molecule has 3 aromatic rings. The van der Waals surface area contributed by atoms with E-state index in [1.165, 1.54) is 11.2 Å². The number of nitrogens with zero attached hydrogens (tertiary/aromatic N) is 2. The molecule has 2 aromatic carbocycles. The number of carbonyl (C=O) groups is 2. The number of anilines is 1. The molecule has 0 aliphatic rings. The molecule has 0 aliphatic heterocycles. The lowest BCUT2D eigenvalue weighted by Gasteiger charge is -2.22. The molecule has 0 aliphatic carbocycles. The van der Waals surface area contributed by atoms with Gasteiger partial charge < -0.3 is 19.5 Å². The molecule has 0 saturated heterocycles. The number of benzene rings is 2. The molecule has 0 spiro atoms. The number of rotatable bonds is 10. The molecule has 30 heavy (non-hydrogen) atoms. The molecule has 0 unspecified atom stereocenters. The molecule has 1 heterocycles. The number of nitrogens with one attached hydrogen (secondary N) is 1. The Bertz CT molecular complexity index is 925. The number of hydrogen-bond acceptors (Lipinski definition) is 5. The van der Waals surface area contributed by atoms with Gasteiger partial charge >= 0.3 is 0 Å². The Kier molecular flexibility index (Phi) is 7.74. The van der Waals surface area contributed by atoms with Crippen LogP contribution >= 0.6 is 0 Å². The fourth-order valence-corrected chi connectivity index (χ4v) is 3.01. The fraction of sp³-hybridized carbons (Fsp3) is 0.261. The van der Waals surface area contributed by atoms with Crippen LogP contribution in [0.25, 0.3) is 11.1 Å². The largest absolute Gasteiger partial charge is 0.382 e. The van der Waals surface area contributed by atoms with Crippen molar-refractivity contribution in [3.8, 4) is 11.1 Å². The summed E-state index contributed by atoms with van der Waals surface area (Å²) in [4.78, 5) is 27.0. The molecule has 156 valence electrons. The Morgan fingerprint density at radius 3 is 2.43 bits per heavy atom. The maximum Gasteiger partial charge on any atom is 0.254 e. The van der Waals surface area contributed by atoms with Crippen LogP contribution in [0, 0.1) is 0 Å². The van der Waals surface area contributed by atoms with Crippen molar-refractivity contribution in [1.82, 2.24) is 10.1 Å². The first-order valence-electron chi connectivity index (χ1n) is 9.90. The molecule has 3 rings (SSSR count). The van der Waals surface area contributed by atoms with Crippen molar-refractivity contribution < 1.29 is 18.8 Å². The lowest BCUT2D eigenvalue weighted by atomic mass is 10.0. The van der Waals surface area contributed by atoms with E-state index in [2.05, 4.69) is 10.5 Å². The van der Waals surface area contributed by atoms with E-state index in [1.54, 1.807) is 18.2 Å². The van der Waals surface area contributed by atoms with Crippen LogP contribution in [0.2, 0.25) is 0 Å². The highest BCUT2D eigenvalue weighted by Crippen LogP contribution is 2.20. The van der Waals surface area contributed by atoms with E-state index >= 15 is 0 Å². The van der Waals surface area contributed by atoms with E-state index in [9.17, 15) is 9.59 Å². The van der Waals surface area contributed by atoms with Gasteiger partial charge in [0.25, 0.3) is 5.91 Å². The van der Waals surface area contributed by atoms with Gasteiger partial charge in [0.15, 0.2) is 5.82 Å². The summed E-state index contributed by atoms with van der Waals surface area (Å²) in [5.41, 5.74) is 2.64. The summed E-state index contributed by atoms with van der Waals surface area (Å²) in [6.07, 6.45) is 2.01. The van der Waals surface area contributed by atoms with Crippen molar-refractivity contribution >= 4 is 17.6 Å². The third-order valence-electron chi connectivity index (χ3n) is 4.49. The van der Waals surface area contributed by atoms with Crippen LogP contribution < -0.4 is 5.32 Å². The highest BCUT2D eigenvalue weighted by Gasteiger charge is 2.19. The van der Waals surface area contributed by atoms with Gasteiger partial charge in [-0.15, -0.1) is 0 Å². The summed E-state index contributed by atoms with van der Waals surface area (Å²) >= 11 is 0. The van der Waals surface area contributed by atoms with Crippen molar-refractivity contribution in [2.45, 2.75) is 13.3 Å². The summed E-state index contributed by atoms with van der Waals surface area (Å²) < 4.78 is 10.1. The Morgan fingerprint density at radius 1 is 1.03 bits per heavy atom. The normalized spacial score (nSPS) is 10.6. The van der Waals surface area contributed by atoms with Gasteiger partial charge in [0.1, 0.15) is 12.8 Å². The zero-order chi connectivity index (χ0) is 21.2. The van der Waals surface area contributed by atoms with Crippen LogP contribution in [-0.4, -0.2) is 48.2 Å².